The molecule has 0 aliphatic heterocycles. The van der Waals surface area contributed by atoms with E-state index in [0.29, 0.717) is 5.78 Å². The van der Waals surface area contributed by atoms with Crippen LogP contribution in [-0.4, -0.2) is 26.3 Å². The van der Waals surface area contributed by atoms with E-state index >= 15 is 0 Å². The van der Waals surface area contributed by atoms with Crippen LogP contribution in [0.5, 0.6) is 0 Å². The molecule has 0 aromatic heterocycles. The summed E-state index contributed by atoms with van der Waals surface area (Å²) in [7, 11) is 3.35. The smallest absolute Gasteiger partial charge is 0.156 e. The minimum Gasteiger partial charge on any atom is -0.356 e. The number of carbonyl (C=O) groups excluding carboxylic acids is 1. The van der Waals surface area contributed by atoms with E-state index in [1.54, 1.807) is 21.1 Å². The molecule has 16 heavy (non-hydrogen) atoms. The number of methoxy groups -OCH3 is 2. The van der Waals surface area contributed by atoms with Crippen LogP contribution < -0.4 is 0 Å². The van der Waals surface area contributed by atoms with Crippen LogP contribution in [0, 0.1) is 0 Å². The second-order valence-corrected chi connectivity index (χ2v) is 4.26. The van der Waals surface area contributed by atoms with E-state index in [-0.39, 0.29) is 6.29 Å². The molecule has 0 fully saturated rings. The number of unbranched alkanes of at least 4 members (excludes halogenated alkanes) is 5. The quantitative estimate of drug-likeness (QED) is 0.403. The SMILES string of the molecule is COC(CCCCCCCCC(C)=O)OC. The van der Waals surface area contributed by atoms with Crippen LogP contribution in [0.3, 0.4) is 0 Å². The Bertz CT molecular complexity index is 165. The lowest BCUT2D eigenvalue weighted by molar-refractivity contribution is -0.117. The molecular formula is C13H26O3. The van der Waals surface area contributed by atoms with Gasteiger partial charge >= 0.3 is 0 Å². The Labute approximate surface area is 99.5 Å². The summed E-state index contributed by atoms with van der Waals surface area (Å²) in [5.41, 5.74) is 0. The molecule has 0 bridgehead atoms. The fraction of sp³-hybridized carbons (Fsp3) is 0.923. The first-order valence-electron chi connectivity index (χ1n) is 6.25. The monoisotopic (exact) mass is 230 g/mol. The molecule has 0 amide bonds. The van der Waals surface area contributed by atoms with E-state index < -0.39 is 0 Å². The van der Waals surface area contributed by atoms with Gasteiger partial charge in [0.2, 0.25) is 0 Å². The summed E-state index contributed by atoms with van der Waals surface area (Å²) in [5, 5.41) is 0. The number of Topliss-reactive ketones (excluding diaryl/α,β-unsaturated/α-hetero) is 1. The first-order chi connectivity index (χ1) is 7.70. The molecule has 0 aromatic carbocycles. The standard InChI is InChI=1S/C13H26O3/c1-12(14)10-8-6-4-5-7-9-11-13(15-2)16-3/h13H,4-11H2,1-3H3. The zero-order chi connectivity index (χ0) is 12.2. The van der Waals surface area contributed by atoms with Crippen LogP contribution in [-0.2, 0) is 14.3 Å². The third kappa shape index (κ3) is 10.1. The Morgan fingerprint density at radius 1 is 0.938 bits per heavy atom. The molecule has 0 radical (unpaired) electrons. The van der Waals surface area contributed by atoms with Crippen LogP contribution >= 0.6 is 0 Å². The minimum absolute atomic E-state index is 0.0438. The van der Waals surface area contributed by atoms with Gasteiger partial charge in [-0.05, 0) is 26.2 Å². The Morgan fingerprint density at radius 3 is 1.94 bits per heavy atom. The maximum absolute atomic E-state index is 10.7. The van der Waals surface area contributed by atoms with Crippen molar-refractivity contribution in [1.29, 1.82) is 0 Å². The van der Waals surface area contributed by atoms with Gasteiger partial charge in [0.15, 0.2) is 6.29 Å². The van der Waals surface area contributed by atoms with E-state index in [0.717, 1.165) is 25.7 Å². The van der Waals surface area contributed by atoms with Gasteiger partial charge in [-0.25, -0.2) is 0 Å². The molecule has 0 heterocycles. The third-order valence-electron chi connectivity index (χ3n) is 2.74. The first kappa shape index (κ1) is 15.6. The van der Waals surface area contributed by atoms with Gasteiger partial charge in [0, 0.05) is 20.6 Å². The van der Waals surface area contributed by atoms with Gasteiger partial charge in [-0.2, -0.15) is 0 Å². The van der Waals surface area contributed by atoms with Crippen molar-refractivity contribution in [2.45, 2.75) is 64.6 Å². The normalized spacial score (nSPS) is 11.0. The Hall–Kier alpha value is -0.410. The van der Waals surface area contributed by atoms with Crippen LogP contribution in [0.25, 0.3) is 0 Å². The topological polar surface area (TPSA) is 35.5 Å². The molecule has 3 nitrogen and oxygen atoms in total. The molecule has 0 spiro atoms. The molecule has 0 N–H and O–H groups in total. The van der Waals surface area contributed by atoms with Crippen molar-refractivity contribution >= 4 is 5.78 Å². The molecule has 0 atom stereocenters. The first-order valence-corrected chi connectivity index (χ1v) is 6.25. The van der Waals surface area contributed by atoms with Crippen LogP contribution in [0.1, 0.15) is 58.3 Å². The number of ether oxygens (including phenoxy) is 2. The predicted octanol–water partition coefficient (Wildman–Crippen LogP) is 3.32. The van der Waals surface area contributed by atoms with Crippen molar-refractivity contribution in [2.75, 3.05) is 14.2 Å². The van der Waals surface area contributed by atoms with Crippen molar-refractivity contribution in [3.63, 3.8) is 0 Å². The number of ketones is 1. The van der Waals surface area contributed by atoms with Gasteiger partial charge in [0.1, 0.15) is 5.78 Å². The summed E-state index contributed by atoms with van der Waals surface area (Å²) >= 11 is 0. The molecule has 0 aliphatic rings. The highest BCUT2D eigenvalue weighted by atomic mass is 16.7. The summed E-state index contributed by atoms with van der Waals surface area (Å²) < 4.78 is 10.2. The largest absolute Gasteiger partial charge is 0.356 e. The van der Waals surface area contributed by atoms with E-state index in [9.17, 15) is 4.79 Å². The Kier molecular flexibility index (Phi) is 10.8. The lowest BCUT2D eigenvalue weighted by Gasteiger charge is -2.12. The highest BCUT2D eigenvalue weighted by molar-refractivity contribution is 5.75. The summed E-state index contributed by atoms with van der Waals surface area (Å²) in [5.74, 6) is 0.308. The van der Waals surface area contributed by atoms with Gasteiger partial charge in [-0.1, -0.05) is 25.7 Å². The molecule has 0 unspecified atom stereocenters. The number of hydrogen-bond acceptors (Lipinski definition) is 3. The predicted molar refractivity (Wildman–Crippen MR) is 65.4 cm³/mol. The molecule has 0 saturated carbocycles. The second-order valence-electron chi connectivity index (χ2n) is 4.26. The van der Waals surface area contributed by atoms with E-state index in [2.05, 4.69) is 0 Å². The van der Waals surface area contributed by atoms with Gasteiger partial charge < -0.3 is 14.3 Å². The van der Waals surface area contributed by atoms with Gasteiger partial charge in [0.25, 0.3) is 0 Å². The van der Waals surface area contributed by atoms with Gasteiger partial charge in [-0.15, -0.1) is 0 Å². The average molecular weight is 230 g/mol. The molecule has 0 aromatic rings. The van der Waals surface area contributed by atoms with Crippen LogP contribution in [0.15, 0.2) is 0 Å². The number of carbonyl (C=O) groups is 1. The molecule has 3 heteroatoms. The molecule has 0 rings (SSSR count). The summed E-state index contributed by atoms with van der Waals surface area (Å²) in [6, 6.07) is 0. The van der Waals surface area contributed by atoms with Gasteiger partial charge in [0.05, 0.1) is 0 Å². The zero-order valence-electron chi connectivity index (χ0n) is 11.0. The molecule has 0 aliphatic carbocycles. The Balaban J connectivity index is 3.12. The molecule has 0 saturated heterocycles. The van der Waals surface area contributed by atoms with Crippen molar-refractivity contribution in [1.82, 2.24) is 0 Å². The van der Waals surface area contributed by atoms with E-state index in [4.69, 9.17) is 9.47 Å². The van der Waals surface area contributed by atoms with Crippen molar-refractivity contribution < 1.29 is 14.3 Å². The number of rotatable bonds is 11. The van der Waals surface area contributed by atoms with Gasteiger partial charge in [-0.3, -0.25) is 0 Å². The molecule has 96 valence electrons. The third-order valence-corrected chi connectivity index (χ3v) is 2.74. The fourth-order valence-corrected chi connectivity index (χ4v) is 1.72. The zero-order valence-corrected chi connectivity index (χ0v) is 11.0. The number of hydrogen-bond donors (Lipinski definition) is 0. The summed E-state index contributed by atoms with van der Waals surface area (Å²) in [4.78, 5) is 10.7. The highest BCUT2D eigenvalue weighted by Gasteiger charge is 2.03. The average Bonchev–Trinajstić information content (AvgIpc) is 2.27. The van der Waals surface area contributed by atoms with Crippen molar-refractivity contribution in [3.8, 4) is 0 Å². The lowest BCUT2D eigenvalue weighted by Crippen LogP contribution is -2.12. The highest BCUT2D eigenvalue weighted by Crippen LogP contribution is 2.11. The van der Waals surface area contributed by atoms with Crippen LogP contribution in [0.4, 0.5) is 0 Å². The van der Waals surface area contributed by atoms with Crippen molar-refractivity contribution in [3.05, 3.63) is 0 Å². The molecular weight excluding hydrogens is 204 g/mol. The Morgan fingerprint density at radius 2 is 1.44 bits per heavy atom. The van der Waals surface area contributed by atoms with Crippen LogP contribution in [0.2, 0.25) is 0 Å². The fourth-order valence-electron chi connectivity index (χ4n) is 1.72. The lowest BCUT2D eigenvalue weighted by atomic mass is 10.1. The maximum atomic E-state index is 10.7. The minimum atomic E-state index is -0.0438. The van der Waals surface area contributed by atoms with E-state index in [1.807, 2.05) is 0 Å². The summed E-state index contributed by atoms with van der Waals surface area (Å²) in [6.07, 6.45) is 8.76. The van der Waals surface area contributed by atoms with Crippen molar-refractivity contribution in [2.24, 2.45) is 0 Å². The summed E-state index contributed by atoms with van der Waals surface area (Å²) in [6.45, 7) is 1.66. The maximum Gasteiger partial charge on any atom is 0.156 e. The van der Waals surface area contributed by atoms with E-state index in [1.165, 1.54) is 25.7 Å². The second kappa shape index (κ2) is 11.1.